The van der Waals surface area contributed by atoms with Gasteiger partial charge in [-0.05, 0) is 44.0 Å². The number of thiophene rings is 1. The molecule has 28 heavy (non-hydrogen) atoms. The molecule has 1 aliphatic rings. The summed E-state index contributed by atoms with van der Waals surface area (Å²) in [6.45, 7) is 5.03. The van der Waals surface area contributed by atoms with E-state index in [9.17, 15) is 8.42 Å². The van der Waals surface area contributed by atoms with E-state index in [1.54, 1.807) is 18.4 Å². The second-order valence-corrected chi connectivity index (χ2v) is 10.4. The van der Waals surface area contributed by atoms with E-state index in [4.69, 9.17) is 0 Å². The molecular formula is C20H28N4O2S2. The predicted octanol–water partition coefficient (Wildman–Crippen LogP) is 2.55. The molecule has 2 aromatic rings. The second-order valence-electron chi connectivity index (χ2n) is 7.03. The number of para-hydroxylation sites is 1. The van der Waals surface area contributed by atoms with Crippen molar-refractivity contribution in [3.63, 3.8) is 0 Å². The quantitative estimate of drug-likeness (QED) is 0.533. The SMILES string of the molecule is CN=C(NCCS(=O)(=O)N1CCc2ccccc21)NC(C)Cc1ccc(C)s1. The van der Waals surface area contributed by atoms with Gasteiger partial charge >= 0.3 is 0 Å². The third-order valence-corrected chi connectivity index (χ3v) is 7.54. The number of sulfonamides is 1. The van der Waals surface area contributed by atoms with E-state index >= 15 is 0 Å². The second kappa shape index (κ2) is 8.96. The smallest absolute Gasteiger partial charge is 0.236 e. The van der Waals surface area contributed by atoms with Crippen LogP contribution in [0.15, 0.2) is 41.4 Å². The molecule has 0 saturated heterocycles. The molecule has 1 aromatic heterocycles. The Labute approximate surface area is 171 Å². The summed E-state index contributed by atoms with van der Waals surface area (Å²) in [5.74, 6) is 0.651. The van der Waals surface area contributed by atoms with Crippen molar-refractivity contribution >= 4 is 33.0 Å². The van der Waals surface area contributed by atoms with Gasteiger partial charge in [0.25, 0.3) is 0 Å². The maximum atomic E-state index is 12.8. The Balaban J connectivity index is 1.50. The summed E-state index contributed by atoms with van der Waals surface area (Å²) in [4.78, 5) is 6.84. The van der Waals surface area contributed by atoms with Crippen molar-refractivity contribution in [2.24, 2.45) is 4.99 Å². The average molecular weight is 421 g/mol. The summed E-state index contributed by atoms with van der Waals surface area (Å²) in [7, 11) is -1.66. The number of hydrogen-bond donors (Lipinski definition) is 2. The van der Waals surface area contributed by atoms with Gasteiger partial charge in [0.2, 0.25) is 10.0 Å². The minimum absolute atomic E-state index is 0.0283. The molecule has 152 valence electrons. The van der Waals surface area contributed by atoms with Gasteiger partial charge in [0.05, 0.1) is 11.4 Å². The highest BCUT2D eigenvalue weighted by Gasteiger charge is 2.28. The van der Waals surface area contributed by atoms with E-state index in [1.807, 2.05) is 24.3 Å². The summed E-state index contributed by atoms with van der Waals surface area (Å²) < 4.78 is 27.0. The maximum absolute atomic E-state index is 12.8. The van der Waals surface area contributed by atoms with Crippen LogP contribution < -0.4 is 14.9 Å². The number of nitrogens with zero attached hydrogens (tertiary/aromatic N) is 2. The molecule has 0 amide bonds. The summed E-state index contributed by atoms with van der Waals surface area (Å²) in [5.41, 5.74) is 1.90. The zero-order chi connectivity index (χ0) is 20.1. The molecule has 0 radical (unpaired) electrons. The molecule has 0 fully saturated rings. The maximum Gasteiger partial charge on any atom is 0.236 e. The van der Waals surface area contributed by atoms with Gasteiger partial charge in [-0.1, -0.05) is 18.2 Å². The van der Waals surface area contributed by atoms with Crippen LogP contribution in [0.3, 0.4) is 0 Å². The van der Waals surface area contributed by atoms with Crippen molar-refractivity contribution in [3.05, 3.63) is 51.7 Å². The lowest BCUT2D eigenvalue weighted by Crippen LogP contribution is -2.45. The Kier molecular flexibility index (Phi) is 6.61. The highest BCUT2D eigenvalue weighted by atomic mass is 32.2. The zero-order valence-electron chi connectivity index (χ0n) is 16.6. The molecule has 1 atom stereocenters. The summed E-state index contributed by atoms with van der Waals surface area (Å²) in [6, 6.07) is 12.2. The van der Waals surface area contributed by atoms with Crippen LogP contribution in [0.1, 0.15) is 22.2 Å². The van der Waals surface area contributed by atoms with Gasteiger partial charge in [-0.15, -0.1) is 11.3 Å². The monoisotopic (exact) mass is 420 g/mol. The van der Waals surface area contributed by atoms with Crippen molar-refractivity contribution < 1.29 is 8.42 Å². The summed E-state index contributed by atoms with van der Waals surface area (Å²) >= 11 is 1.80. The van der Waals surface area contributed by atoms with E-state index in [-0.39, 0.29) is 11.8 Å². The fourth-order valence-electron chi connectivity index (χ4n) is 3.38. The number of guanidine groups is 1. The summed E-state index contributed by atoms with van der Waals surface area (Å²) in [5, 5.41) is 6.46. The van der Waals surface area contributed by atoms with E-state index in [0.29, 0.717) is 19.0 Å². The van der Waals surface area contributed by atoms with Crippen LogP contribution in [0.5, 0.6) is 0 Å². The number of anilines is 1. The Hall–Kier alpha value is -2.06. The molecule has 0 spiro atoms. The number of rotatable bonds is 7. The van der Waals surface area contributed by atoms with Crippen molar-refractivity contribution in [2.75, 3.05) is 30.2 Å². The fraction of sp³-hybridized carbons (Fsp3) is 0.450. The molecule has 6 nitrogen and oxygen atoms in total. The third kappa shape index (κ3) is 5.05. The fourth-order valence-corrected chi connectivity index (χ4v) is 5.83. The van der Waals surface area contributed by atoms with E-state index in [2.05, 4.69) is 41.6 Å². The van der Waals surface area contributed by atoms with Crippen molar-refractivity contribution in [1.82, 2.24) is 10.6 Å². The van der Waals surface area contributed by atoms with Crippen molar-refractivity contribution in [1.29, 1.82) is 0 Å². The van der Waals surface area contributed by atoms with Gasteiger partial charge in [0.1, 0.15) is 0 Å². The van der Waals surface area contributed by atoms with Crippen LogP contribution in [0, 0.1) is 6.92 Å². The van der Waals surface area contributed by atoms with E-state index in [0.717, 1.165) is 24.1 Å². The molecular weight excluding hydrogens is 392 g/mol. The normalized spacial score (nSPS) is 15.4. The highest BCUT2D eigenvalue weighted by Crippen LogP contribution is 2.29. The molecule has 0 bridgehead atoms. The van der Waals surface area contributed by atoms with Crippen LogP contribution in [0.4, 0.5) is 5.69 Å². The molecule has 3 rings (SSSR count). The Morgan fingerprint density at radius 3 is 2.79 bits per heavy atom. The minimum Gasteiger partial charge on any atom is -0.355 e. The van der Waals surface area contributed by atoms with Gasteiger partial charge in [0, 0.05) is 42.4 Å². The molecule has 1 aromatic carbocycles. The van der Waals surface area contributed by atoms with Crippen LogP contribution in [0.2, 0.25) is 0 Å². The topological polar surface area (TPSA) is 73.8 Å². The first-order chi connectivity index (χ1) is 13.4. The number of aryl methyl sites for hydroxylation is 1. The summed E-state index contributed by atoms with van der Waals surface area (Å²) in [6.07, 6.45) is 1.67. The van der Waals surface area contributed by atoms with Crippen molar-refractivity contribution in [2.45, 2.75) is 32.7 Å². The molecule has 2 N–H and O–H groups in total. The molecule has 0 saturated carbocycles. The van der Waals surface area contributed by atoms with Gasteiger partial charge in [0.15, 0.2) is 5.96 Å². The Morgan fingerprint density at radius 2 is 2.07 bits per heavy atom. The lowest BCUT2D eigenvalue weighted by Gasteiger charge is -2.21. The van der Waals surface area contributed by atoms with Gasteiger partial charge < -0.3 is 10.6 Å². The third-order valence-electron chi connectivity index (χ3n) is 4.74. The lowest BCUT2D eigenvalue weighted by atomic mass is 10.2. The first kappa shape index (κ1) is 20.7. The molecule has 2 heterocycles. The van der Waals surface area contributed by atoms with Crippen LogP contribution >= 0.6 is 11.3 Å². The average Bonchev–Trinajstić information content (AvgIpc) is 3.27. The van der Waals surface area contributed by atoms with Crippen LogP contribution in [-0.4, -0.2) is 46.3 Å². The number of aliphatic imine (C=N–C) groups is 1. The number of fused-ring (bicyclic) bond motifs is 1. The van der Waals surface area contributed by atoms with Crippen LogP contribution in [-0.2, 0) is 22.9 Å². The van der Waals surface area contributed by atoms with Crippen LogP contribution in [0.25, 0.3) is 0 Å². The molecule has 0 aliphatic carbocycles. The Morgan fingerprint density at radius 1 is 1.29 bits per heavy atom. The standard InChI is InChI=1S/C20H28N4O2S2/c1-15(14-18-9-8-16(2)27-18)23-20(21-3)22-11-13-28(25,26)24-12-10-17-6-4-5-7-19(17)24/h4-9,15H,10-14H2,1-3H3,(H2,21,22,23). The molecule has 1 aliphatic heterocycles. The van der Waals surface area contributed by atoms with Gasteiger partial charge in [-0.2, -0.15) is 0 Å². The largest absolute Gasteiger partial charge is 0.355 e. The Bertz CT molecular complexity index is 937. The zero-order valence-corrected chi connectivity index (χ0v) is 18.2. The van der Waals surface area contributed by atoms with Gasteiger partial charge in [-0.25, -0.2) is 8.42 Å². The minimum atomic E-state index is -3.36. The molecule has 1 unspecified atom stereocenters. The number of benzene rings is 1. The molecule has 8 heteroatoms. The predicted molar refractivity (Wildman–Crippen MR) is 118 cm³/mol. The number of nitrogens with one attached hydrogen (secondary N) is 2. The highest BCUT2D eigenvalue weighted by molar-refractivity contribution is 7.92. The van der Waals surface area contributed by atoms with E-state index < -0.39 is 10.0 Å². The van der Waals surface area contributed by atoms with E-state index in [1.165, 1.54) is 14.1 Å². The van der Waals surface area contributed by atoms with Crippen molar-refractivity contribution in [3.8, 4) is 0 Å². The van der Waals surface area contributed by atoms with Gasteiger partial charge in [-0.3, -0.25) is 9.30 Å². The number of hydrogen-bond acceptors (Lipinski definition) is 4. The first-order valence-corrected chi connectivity index (χ1v) is 11.9. The first-order valence-electron chi connectivity index (χ1n) is 9.50. The lowest BCUT2D eigenvalue weighted by molar-refractivity contribution is 0.590.